The van der Waals surface area contributed by atoms with Crippen molar-refractivity contribution < 1.29 is 13.5 Å². The molecule has 0 saturated carbocycles. The monoisotopic (exact) mass is 223 g/mol. The Morgan fingerprint density at radius 2 is 1.94 bits per heavy atom. The van der Waals surface area contributed by atoms with Gasteiger partial charge in [0.2, 0.25) is 11.6 Å². The second kappa shape index (κ2) is 4.43. The molecule has 0 spiro atoms. The molecule has 16 heavy (non-hydrogen) atoms. The summed E-state index contributed by atoms with van der Waals surface area (Å²) in [7, 11) is 0. The Bertz CT molecular complexity index is 446. The van der Waals surface area contributed by atoms with Gasteiger partial charge in [-0.15, -0.1) is 0 Å². The van der Waals surface area contributed by atoms with Gasteiger partial charge in [0.15, 0.2) is 11.6 Å². The Kier molecular flexibility index (Phi) is 2.99. The molecule has 0 unspecified atom stereocenters. The average molecular weight is 223 g/mol. The van der Waals surface area contributed by atoms with Gasteiger partial charge < -0.3 is 4.74 Å². The van der Waals surface area contributed by atoms with Crippen LogP contribution in [0.3, 0.4) is 0 Å². The van der Waals surface area contributed by atoms with Gasteiger partial charge in [0.25, 0.3) is 0 Å². The Morgan fingerprint density at radius 3 is 2.56 bits per heavy atom. The number of ether oxygens (including phenoxy) is 1. The van der Waals surface area contributed by atoms with Gasteiger partial charge in [0, 0.05) is 6.54 Å². The highest BCUT2D eigenvalue weighted by atomic mass is 19.1. The SMILES string of the molecule is CC1=CC(Oc2c(F)cccc2F)=NCC1. The Labute approximate surface area is 92.3 Å². The van der Waals surface area contributed by atoms with E-state index in [1.807, 2.05) is 6.92 Å². The molecule has 0 radical (unpaired) electrons. The second-order valence-corrected chi connectivity index (χ2v) is 3.61. The van der Waals surface area contributed by atoms with E-state index in [9.17, 15) is 8.78 Å². The van der Waals surface area contributed by atoms with Crippen LogP contribution in [-0.2, 0) is 0 Å². The van der Waals surface area contributed by atoms with Crippen molar-refractivity contribution in [3.8, 4) is 5.75 Å². The first-order valence-electron chi connectivity index (χ1n) is 5.00. The zero-order valence-corrected chi connectivity index (χ0v) is 8.84. The molecule has 1 aromatic carbocycles. The fraction of sp³-hybridized carbons (Fsp3) is 0.250. The minimum absolute atomic E-state index is 0.257. The van der Waals surface area contributed by atoms with Gasteiger partial charge in [-0.05, 0) is 31.6 Å². The molecule has 0 aromatic heterocycles. The van der Waals surface area contributed by atoms with Gasteiger partial charge in [-0.1, -0.05) is 11.6 Å². The number of benzene rings is 1. The molecule has 0 amide bonds. The molecule has 2 rings (SSSR count). The van der Waals surface area contributed by atoms with E-state index in [0.717, 1.165) is 24.1 Å². The van der Waals surface area contributed by atoms with Crippen LogP contribution >= 0.6 is 0 Å². The number of hydrogen-bond donors (Lipinski definition) is 0. The van der Waals surface area contributed by atoms with E-state index in [1.165, 1.54) is 6.07 Å². The minimum atomic E-state index is -0.723. The summed E-state index contributed by atoms with van der Waals surface area (Å²) >= 11 is 0. The van der Waals surface area contributed by atoms with E-state index >= 15 is 0 Å². The van der Waals surface area contributed by atoms with Crippen LogP contribution in [0.1, 0.15) is 13.3 Å². The van der Waals surface area contributed by atoms with Crippen molar-refractivity contribution >= 4 is 5.90 Å². The van der Waals surface area contributed by atoms with Crippen molar-refractivity contribution in [1.82, 2.24) is 0 Å². The smallest absolute Gasteiger partial charge is 0.214 e. The van der Waals surface area contributed by atoms with Crippen LogP contribution in [0.4, 0.5) is 8.78 Å². The van der Waals surface area contributed by atoms with Crippen LogP contribution in [0.25, 0.3) is 0 Å². The molecule has 0 aliphatic carbocycles. The lowest BCUT2D eigenvalue weighted by molar-refractivity contribution is 0.446. The summed E-state index contributed by atoms with van der Waals surface area (Å²) in [5.74, 6) is -1.58. The lowest BCUT2D eigenvalue weighted by Gasteiger charge is -2.11. The van der Waals surface area contributed by atoms with Crippen LogP contribution in [0, 0.1) is 11.6 Å². The molecule has 0 N–H and O–H groups in total. The van der Waals surface area contributed by atoms with Gasteiger partial charge in [-0.25, -0.2) is 8.78 Å². The molecular weight excluding hydrogens is 212 g/mol. The largest absolute Gasteiger partial charge is 0.433 e. The maximum atomic E-state index is 13.3. The van der Waals surface area contributed by atoms with E-state index < -0.39 is 17.4 Å². The molecule has 1 aliphatic heterocycles. The summed E-state index contributed by atoms with van der Waals surface area (Å²) in [5.41, 5.74) is 1.08. The number of hydrogen-bond acceptors (Lipinski definition) is 2. The van der Waals surface area contributed by atoms with Crippen molar-refractivity contribution in [1.29, 1.82) is 0 Å². The average Bonchev–Trinajstić information content (AvgIpc) is 2.24. The van der Waals surface area contributed by atoms with Gasteiger partial charge in [0.05, 0.1) is 0 Å². The van der Waals surface area contributed by atoms with Gasteiger partial charge >= 0.3 is 0 Å². The van der Waals surface area contributed by atoms with Crippen molar-refractivity contribution in [3.05, 3.63) is 41.5 Å². The summed E-state index contributed by atoms with van der Waals surface area (Å²) < 4.78 is 31.6. The second-order valence-electron chi connectivity index (χ2n) is 3.61. The Hall–Kier alpha value is -1.71. The number of aliphatic imine (C=N–C) groups is 1. The Morgan fingerprint density at radius 1 is 1.25 bits per heavy atom. The molecule has 4 heteroatoms. The molecule has 2 nitrogen and oxygen atoms in total. The van der Waals surface area contributed by atoms with E-state index in [2.05, 4.69) is 4.99 Å². The zero-order chi connectivity index (χ0) is 11.5. The zero-order valence-electron chi connectivity index (χ0n) is 8.84. The highest BCUT2D eigenvalue weighted by Crippen LogP contribution is 2.22. The molecule has 84 valence electrons. The first-order valence-corrected chi connectivity index (χ1v) is 5.00. The van der Waals surface area contributed by atoms with Gasteiger partial charge in [0.1, 0.15) is 0 Å². The summed E-state index contributed by atoms with van der Waals surface area (Å²) in [6.07, 6.45) is 2.54. The summed E-state index contributed by atoms with van der Waals surface area (Å²) in [4.78, 5) is 4.04. The molecule has 1 aromatic rings. The lowest BCUT2D eigenvalue weighted by atomic mass is 10.2. The molecule has 0 saturated heterocycles. The number of rotatable bonds is 1. The fourth-order valence-corrected chi connectivity index (χ4v) is 1.42. The quantitative estimate of drug-likeness (QED) is 0.716. The Balaban J connectivity index is 2.25. The van der Waals surface area contributed by atoms with Crippen molar-refractivity contribution in [3.63, 3.8) is 0 Å². The maximum Gasteiger partial charge on any atom is 0.214 e. The van der Waals surface area contributed by atoms with E-state index in [1.54, 1.807) is 6.08 Å². The number of nitrogens with zero attached hydrogens (tertiary/aromatic N) is 1. The van der Waals surface area contributed by atoms with Crippen LogP contribution in [0.2, 0.25) is 0 Å². The van der Waals surface area contributed by atoms with Gasteiger partial charge in [-0.3, -0.25) is 4.99 Å². The minimum Gasteiger partial charge on any atom is -0.433 e. The molecule has 0 fully saturated rings. The highest BCUT2D eigenvalue weighted by molar-refractivity contribution is 5.90. The van der Waals surface area contributed by atoms with E-state index in [0.29, 0.717) is 6.54 Å². The molecule has 1 aliphatic rings. The maximum absolute atomic E-state index is 13.3. The third kappa shape index (κ3) is 2.27. The summed E-state index contributed by atoms with van der Waals surface area (Å²) in [6, 6.07) is 3.60. The van der Waals surface area contributed by atoms with Crippen molar-refractivity contribution in [2.75, 3.05) is 6.54 Å². The van der Waals surface area contributed by atoms with E-state index in [4.69, 9.17) is 4.74 Å². The van der Waals surface area contributed by atoms with Crippen LogP contribution in [0.15, 0.2) is 34.8 Å². The third-order valence-electron chi connectivity index (χ3n) is 2.27. The van der Waals surface area contributed by atoms with Crippen LogP contribution < -0.4 is 4.74 Å². The third-order valence-corrected chi connectivity index (χ3v) is 2.27. The molecular formula is C12H11F2NO. The summed E-state index contributed by atoms with van der Waals surface area (Å²) in [5, 5.41) is 0. The normalized spacial score (nSPS) is 15.4. The summed E-state index contributed by atoms with van der Waals surface area (Å²) in [6.45, 7) is 2.52. The van der Waals surface area contributed by atoms with Crippen molar-refractivity contribution in [2.24, 2.45) is 4.99 Å². The first-order chi connectivity index (χ1) is 7.66. The topological polar surface area (TPSA) is 21.6 Å². The highest BCUT2D eigenvalue weighted by Gasteiger charge is 2.13. The van der Waals surface area contributed by atoms with E-state index in [-0.39, 0.29) is 5.90 Å². The fourth-order valence-electron chi connectivity index (χ4n) is 1.42. The number of halogens is 2. The standard InChI is InChI=1S/C12H11F2NO/c1-8-5-6-15-11(7-8)16-12-9(13)3-2-4-10(12)14/h2-4,7H,5-6H2,1H3. The van der Waals surface area contributed by atoms with Gasteiger partial charge in [-0.2, -0.15) is 0 Å². The number of dihydropyridines is 1. The predicted molar refractivity (Wildman–Crippen MR) is 57.7 cm³/mol. The molecule has 0 bridgehead atoms. The lowest BCUT2D eigenvalue weighted by Crippen LogP contribution is -2.12. The number of para-hydroxylation sites is 1. The molecule has 1 heterocycles. The van der Waals surface area contributed by atoms with Crippen molar-refractivity contribution in [2.45, 2.75) is 13.3 Å². The predicted octanol–water partition coefficient (Wildman–Crippen LogP) is 3.09. The van der Waals surface area contributed by atoms with Crippen LogP contribution in [0.5, 0.6) is 5.75 Å². The first kappa shape index (κ1) is 10.8. The van der Waals surface area contributed by atoms with Crippen LogP contribution in [-0.4, -0.2) is 12.4 Å². The molecule has 0 atom stereocenters.